The van der Waals surface area contributed by atoms with E-state index in [2.05, 4.69) is 0 Å². The molecular formula is C3H8ClNOS. The van der Waals surface area contributed by atoms with Gasteiger partial charge in [0.1, 0.15) is 0 Å². The van der Waals surface area contributed by atoms with Crippen LogP contribution in [0.4, 0.5) is 0 Å². The molecule has 0 bridgehead atoms. The molecule has 0 amide bonds. The molecule has 7 heavy (non-hydrogen) atoms. The largest absolute Gasteiger partial charge is 0.330 e. The third-order valence-electron chi connectivity index (χ3n) is 0.467. The molecule has 0 aliphatic heterocycles. The monoisotopic (exact) mass is 141 g/mol. The zero-order valence-corrected chi connectivity index (χ0v) is 5.47. The minimum atomic E-state index is -0.887. The van der Waals surface area contributed by atoms with Gasteiger partial charge in [-0.15, -0.1) is 11.6 Å². The summed E-state index contributed by atoms with van der Waals surface area (Å²) in [4.78, 5) is 0. The van der Waals surface area contributed by atoms with Crippen LogP contribution >= 0.6 is 11.6 Å². The maximum atomic E-state index is 10.3. The van der Waals surface area contributed by atoms with Crippen LogP contribution in [0.1, 0.15) is 0 Å². The van der Waals surface area contributed by atoms with Gasteiger partial charge in [-0.05, 0) is 0 Å². The molecule has 0 fully saturated rings. The number of rotatable bonds is 3. The molecule has 0 aliphatic carbocycles. The lowest BCUT2D eigenvalue weighted by atomic mass is 10.8. The van der Waals surface area contributed by atoms with Crippen LogP contribution in [0.25, 0.3) is 0 Å². The van der Waals surface area contributed by atoms with Crippen molar-refractivity contribution in [2.75, 3.05) is 17.5 Å². The first-order valence-corrected chi connectivity index (χ1v) is 3.94. The molecule has 1 unspecified atom stereocenters. The second-order valence-corrected chi connectivity index (χ2v) is 3.20. The number of hydrogen-bond donors (Lipinski definition) is 1. The van der Waals surface area contributed by atoms with Gasteiger partial charge in [-0.2, -0.15) is 0 Å². The molecule has 0 spiro atoms. The molecule has 2 N–H and O–H groups in total. The van der Waals surface area contributed by atoms with Gasteiger partial charge in [-0.25, -0.2) is 0 Å². The van der Waals surface area contributed by atoms with Gasteiger partial charge in [0.05, 0.1) is 5.21 Å². The van der Waals surface area contributed by atoms with Crippen molar-refractivity contribution in [1.29, 1.82) is 0 Å². The summed E-state index contributed by atoms with van der Waals surface area (Å²) in [7, 11) is -0.887. The predicted molar refractivity (Wildman–Crippen MR) is 32.8 cm³/mol. The topological polar surface area (TPSA) is 43.1 Å². The molecule has 4 heteroatoms. The maximum absolute atomic E-state index is 10.3. The Bertz CT molecular complexity index is 68.0. The highest BCUT2D eigenvalue weighted by Crippen LogP contribution is 1.82. The van der Waals surface area contributed by atoms with Crippen LogP contribution in [0, 0.1) is 0 Å². The quantitative estimate of drug-likeness (QED) is 0.558. The second-order valence-electron chi connectivity index (χ2n) is 1.04. The summed E-state index contributed by atoms with van der Waals surface area (Å²) in [6.45, 7) is 0.458. The highest BCUT2D eigenvalue weighted by atomic mass is 35.5. The fraction of sp³-hybridized carbons (Fsp3) is 1.00. The summed E-state index contributed by atoms with van der Waals surface area (Å²) in [5.74, 6) is 0.517. The molecule has 0 aromatic rings. The lowest BCUT2D eigenvalue weighted by Gasteiger charge is -1.88. The van der Waals surface area contributed by atoms with Gasteiger partial charge in [-0.3, -0.25) is 4.21 Å². The lowest BCUT2D eigenvalue weighted by Crippen LogP contribution is -2.10. The fourth-order valence-corrected chi connectivity index (χ4v) is 0.885. The first-order chi connectivity index (χ1) is 3.31. The van der Waals surface area contributed by atoms with Gasteiger partial charge in [0.2, 0.25) is 0 Å². The minimum Gasteiger partial charge on any atom is -0.330 e. The summed E-state index contributed by atoms with van der Waals surface area (Å²) in [6, 6.07) is 0. The predicted octanol–water partition coefficient (Wildman–Crippen LogP) is -0.110. The van der Waals surface area contributed by atoms with Crippen molar-refractivity contribution in [2.24, 2.45) is 5.73 Å². The number of hydrogen-bond acceptors (Lipinski definition) is 2. The Hall–Kier alpha value is 0.400. The van der Waals surface area contributed by atoms with Gasteiger partial charge in [0.15, 0.2) is 0 Å². The Labute approximate surface area is 50.5 Å². The molecule has 0 aliphatic rings. The minimum absolute atomic E-state index is 0.206. The highest BCUT2D eigenvalue weighted by Gasteiger charge is 1.90. The molecule has 0 radical (unpaired) electrons. The van der Waals surface area contributed by atoms with Crippen molar-refractivity contribution in [3.63, 3.8) is 0 Å². The van der Waals surface area contributed by atoms with E-state index in [-0.39, 0.29) is 5.21 Å². The molecule has 0 heterocycles. The van der Waals surface area contributed by atoms with Crippen molar-refractivity contribution in [3.05, 3.63) is 0 Å². The number of nitrogens with two attached hydrogens (primary N) is 1. The zero-order chi connectivity index (χ0) is 5.70. The maximum Gasteiger partial charge on any atom is 0.0980 e. The van der Waals surface area contributed by atoms with Gasteiger partial charge < -0.3 is 5.73 Å². The molecular weight excluding hydrogens is 134 g/mol. The van der Waals surface area contributed by atoms with E-state index in [1.807, 2.05) is 0 Å². The van der Waals surface area contributed by atoms with Crippen LogP contribution in [0.5, 0.6) is 0 Å². The summed E-state index contributed by atoms with van der Waals surface area (Å²) in [5, 5.41) is 0.206. The van der Waals surface area contributed by atoms with Crippen LogP contribution in [-0.4, -0.2) is 21.7 Å². The van der Waals surface area contributed by atoms with Crippen LogP contribution < -0.4 is 5.73 Å². The van der Waals surface area contributed by atoms with Gasteiger partial charge in [0, 0.05) is 23.1 Å². The third kappa shape index (κ3) is 4.25. The van der Waals surface area contributed by atoms with Crippen LogP contribution in [-0.2, 0) is 10.8 Å². The van der Waals surface area contributed by atoms with Gasteiger partial charge in [0.25, 0.3) is 0 Å². The van der Waals surface area contributed by atoms with Crippen molar-refractivity contribution >= 4 is 22.4 Å². The SMILES string of the molecule is NCCS(=O)CCl. The summed E-state index contributed by atoms with van der Waals surface area (Å²) >= 11 is 5.18. The second kappa shape index (κ2) is 4.56. The smallest absolute Gasteiger partial charge is 0.0980 e. The Morgan fingerprint density at radius 3 is 2.43 bits per heavy atom. The molecule has 0 saturated heterocycles. The van der Waals surface area contributed by atoms with Gasteiger partial charge in [-0.1, -0.05) is 0 Å². The number of alkyl halides is 1. The third-order valence-corrected chi connectivity index (χ3v) is 2.13. The molecule has 0 aromatic heterocycles. The van der Waals surface area contributed by atoms with Crippen molar-refractivity contribution in [2.45, 2.75) is 0 Å². The molecule has 1 atom stereocenters. The average molecular weight is 142 g/mol. The Morgan fingerprint density at radius 2 is 2.29 bits per heavy atom. The first-order valence-electron chi connectivity index (χ1n) is 1.92. The average Bonchev–Trinajstić information content (AvgIpc) is 1.68. The molecule has 44 valence electrons. The molecule has 0 rings (SSSR count). The van der Waals surface area contributed by atoms with E-state index in [9.17, 15) is 4.21 Å². The fourth-order valence-electron chi connectivity index (χ4n) is 0.186. The van der Waals surface area contributed by atoms with Crippen molar-refractivity contribution in [3.8, 4) is 0 Å². The van der Waals surface area contributed by atoms with E-state index in [0.29, 0.717) is 12.3 Å². The van der Waals surface area contributed by atoms with Crippen LogP contribution in [0.15, 0.2) is 0 Å². The van der Waals surface area contributed by atoms with Crippen molar-refractivity contribution < 1.29 is 4.21 Å². The Kier molecular flexibility index (Phi) is 4.82. The summed E-state index contributed by atoms with van der Waals surface area (Å²) in [6.07, 6.45) is 0. The standard InChI is InChI=1S/C3H8ClNOS/c4-3-7(6)2-1-5/h1-3,5H2. The highest BCUT2D eigenvalue weighted by molar-refractivity contribution is 7.86. The molecule has 2 nitrogen and oxygen atoms in total. The van der Waals surface area contributed by atoms with Crippen LogP contribution in [0.2, 0.25) is 0 Å². The lowest BCUT2D eigenvalue weighted by molar-refractivity contribution is 0.685. The molecule has 0 saturated carbocycles. The van der Waals surface area contributed by atoms with Gasteiger partial charge >= 0.3 is 0 Å². The normalized spacial score (nSPS) is 14.0. The van der Waals surface area contributed by atoms with E-state index < -0.39 is 10.8 Å². The van der Waals surface area contributed by atoms with Crippen LogP contribution in [0.3, 0.4) is 0 Å². The molecule has 0 aromatic carbocycles. The Morgan fingerprint density at radius 1 is 1.71 bits per heavy atom. The van der Waals surface area contributed by atoms with Crippen molar-refractivity contribution in [1.82, 2.24) is 0 Å². The van der Waals surface area contributed by atoms with E-state index >= 15 is 0 Å². The van der Waals surface area contributed by atoms with E-state index in [0.717, 1.165) is 0 Å². The zero-order valence-electron chi connectivity index (χ0n) is 3.89. The van der Waals surface area contributed by atoms with E-state index in [4.69, 9.17) is 17.3 Å². The summed E-state index contributed by atoms with van der Waals surface area (Å²) in [5.41, 5.74) is 5.05. The summed E-state index contributed by atoms with van der Waals surface area (Å²) < 4.78 is 10.3. The number of halogens is 1. The van der Waals surface area contributed by atoms with E-state index in [1.54, 1.807) is 0 Å². The van der Waals surface area contributed by atoms with E-state index in [1.165, 1.54) is 0 Å². The Balaban J connectivity index is 3.00. The first kappa shape index (κ1) is 7.40.